The predicted octanol–water partition coefficient (Wildman–Crippen LogP) is 3.65. The third-order valence-electron chi connectivity index (χ3n) is 3.57. The Morgan fingerprint density at radius 3 is 2.68 bits per heavy atom. The zero-order valence-corrected chi connectivity index (χ0v) is 16.1. The van der Waals surface area contributed by atoms with Crippen molar-refractivity contribution >= 4 is 12.1 Å². The van der Waals surface area contributed by atoms with Crippen molar-refractivity contribution in [3.8, 4) is 29.6 Å². The lowest BCUT2D eigenvalue weighted by Crippen LogP contribution is -2.18. The highest BCUT2D eigenvalue weighted by Gasteiger charge is 2.11. The molecule has 2 rings (SSSR count). The second-order valence-corrected chi connectivity index (χ2v) is 5.67. The number of amides is 1. The molecule has 0 spiro atoms. The van der Waals surface area contributed by atoms with E-state index in [4.69, 9.17) is 20.6 Å². The smallest absolute Gasteiger partial charge is 0.271 e. The molecule has 1 N–H and O–H groups in total. The minimum Gasteiger partial charge on any atom is -0.490 e. The zero-order valence-electron chi connectivity index (χ0n) is 16.1. The predicted molar refractivity (Wildman–Crippen MR) is 109 cm³/mol. The highest BCUT2D eigenvalue weighted by Crippen LogP contribution is 2.28. The molecule has 0 aliphatic rings. The first-order chi connectivity index (χ1) is 13.7. The molecule has 0 aliphatic heterocycles. The summed E-state index contributed by atoms with van der Waals surface area (Å²) < 4.78 is 16.7. The van der Waals surface area contributed by atoms with Crippen LogP contribution in [0.25, 0.3) is 0 Å². The number of hydrazone groups is 1. The molecular formula is C22H24N2O4. The Balaban J connectivity index is 2.08. The van der Waals surface area contributed by atoms with E-state index in [1.165, 1.54) is 6.21 Å². The van der Waals surface area contributed by atoms with E-state index in [1.807, 2.05) is 32.0 Å². The van der Waals surface area contributed by atoms with E-state index < -0.39 is 0 Å². The highest BCUT2D eigenvalue weighted by atomic mass is 16.5. The quantitative estimate of drug-likeness (QED) is 0.388. The van der Waals surface area contributed by atoms with Crippen molar-refractivity contribution in [3.05, 3.63) is 53.6 Å². The molecule has 0 saturated heterocycles. The van der Waals surface area contributed by atoms with E-state index >= 15 is 0 Å². The van der Waals surface area contributed by atoms with Gasteiger partial charge < -0.3 is 14.2 Å². The van der Waals surface area contributed by atoms with Crippen LogP contribution in [0.3, 0.4) is 0 Å². The Morgan fingerprint density at radius 1 is 1.11 bits per heavy atom. The van der Waals surface area contributed by atoms with Gasteiger partial charge >= 0.3 is 0 Å². The minimum absolute atomic E-state index is 0.157. The number of hydrogen-bond donors (Lipinski definition) is 1. The number of nitrogens with one attached hydrogen (secondary N) is 1. The Morgan fingerprint density at radius 2 is 1.93 bits per heavy atom. The van der Waals surface area contributed by atoms with Crippen LogP contribution in [-0.2, 0) is 0 Å². The van der Waals surface area contributed by atoms with Gasteiger partial charge in [-0.05, 0) is 43.7 Å². The van der Waals surface area contributed by atoms with Crippen molar-refractivity contribution in [1.29, 1.82) is 0 Å². The number of nitrogens with zero attached hydrogens (tertiary/aromatic N) is 1. The molecule has 6 heteroatoms. The lowest BCUT2D eigenvalue weighted by Gasteiger charge is -2.12. The largest absolute Gasteiger partial charge is 0.490 e. The number of carbonyl (C=O) groups is 1. The third kappa shape index (κ3) is 6.06. The van der Waals surface area contributed by atoms with Gasteiger partial charge in [-0.2, -0.15) is 5.10 Å². The normalized spacial score (nSPS) is 10.3. The van der Waals surface area contributed by atoms with Crippen LogP contribution in [0.2, 0.25) is 0 Å². The lowest BCUT2D eigenvalue weighted by molar-refractivity contribution is 0.0954. The zero-order chi connectivity index (χ0) is 20.2. The maximum absolute atomic E-state index is 12.4. The molecule has 0 fully saturated rings. The molecule has 0 aliphatic carbocycles. The van der Waals surface area contributed by atoms with E-state index in [2.05, 4.69) is 16.4 Å². The molecule has 0 bridgehead atoms. The van der Waals surface area contributed by atoms with Gasteiger partial charge in [0.1, 0.15) is 12.4 Å². The van der Waals surface area contributed by atoms with Crippen molar-refractivity contribution in [3.63, 3.8) is 0 Å². The number of rotatable bonds is 10. The van der Waals surface area contributed by atoms with Gasteiger partial charge in [0.2, 0.25) is 0 Å². The molecule has 0 unspecified atom stereocenters. The van der Waals surface area contributed by atoms with Crippen molar-refractivity contribution in [2.75, 3.05) is 19.8 Å². The maximum atomic E-state index is 12.4. The van der Waals surface area contributed by atoms with E-state index in [1.54, 1.807) is 24.3 Å². The number of carbonyl (C=O) groups excluding carboxylic acids is 1. The molecule has 1 amide bonds. The van der Waals surface area contributed by atoms with Crippen molar-refractivity contribution < 1.29 is 19.0 Å². The Labute approximate surface area is 165 Å². The van der Waals surface area contributed by atoms with Crippen LogP contribution < -0.4 is 19.6 Å². The summed E-state index contributed by atoms with van der Waals surface area (Å²) in [5.41, 5.74) is 3.62. The highest BCUT2D eigenvalue weighted by molar-refractivity contribution is 5.95. The second-order valence-electron chi connectivity index (χ2n) is 5.67. The summed E-state index contributed by atoms with van der Waals surface area (Å²) in [6, 6.07) is 12.3. The monoisotopic (exact) mass is 380 g/mol. The fourth-order valence-corrected chi connectivity index (χ4v) is 2.31. The number of benzene rings is 2. The van der Waals surface area contributed by atoms with Crippen LogP contribution in [-0.4, -0.2) is 31.9 Å². The molecule has 0 saturated carbocycles. The number of hydrogen-bond acceptors (Lipinski definition) is 5. The van der Waals surface area contributed by atoms with Crippen LogP contribution in [0.15, 0.2) is 47.6 Å². The maximum Gasteiger partial charge on any atom is 0.271 e. The number of terminal acetylenes is 1. The van der Waals surface area contributed by atoms with Gasteiger partial charge in [0, 0.05) is 11.1 Å². The van der Waals surface area contributed by atoms with Gasteiger partial charge in [0.05, 0.1) is 19.4 Å². The first kappa shape index (κ1) is 20.8. The first-order valence-electron chi connectivity index (χ1n) is 9.07. The Bertz CT molecular complexity index is 856. The third-order valence-corrected chi connectivity index (χ3v) is 3.57. The van der Waals surface area contributed by atoms with Crippen molar-refractivity contribution in [1.82, 2.24) is 5.43 Å². The summed E-state index contributed by atoms with van der Waals surface area (Å²) in [6.07, 6.45) is 7.61. The molecule has 0 atom stereocenters. The lowest BCUT2D eigenvalue weighted by atomic mass is 10.2. The summed E-state index contributed by atoms with van der Waals surface area (Å²) in [6.45, 7) is 5.11. The molecular weight excluding hydrogens is 356 g/mol. The number of para-hydroxylation sites is 1. The van der Waals surface area contributed by atoms with Crippen LogP contribution in [0, 0.1) is 12.3 Å². The average Bonchev–Trinajstić information content (AvgIpc) is 2.72. The topological polar surface area (TPSA) is 69.2 Å². The summed E-state index contributed by atoms with van der Waals surface area (Å²) in [5, 5.41) is 4.01. The van der Waals surface area contributed by atoms with Crippen LogP contribution in [0.4, 0.5) is 0 Å². The van der Waals surface area contributed by atoms with E-state index in [-0.39, 0.29) is 12.5 Å². The second kappa shape index (κ2) is 11.3. The van der Waals surface area contributed by atoms with E-state index in [0.717, 1.165) is 6.42 Å². The van der Waals surface area contributed by atoms with Crippen molar-refractivity contribution in [2.45, 2.75) is 20.3 Å². The van der Waals surface area contributed by atoms with Gasteiger partial charge in [0.25, 0.3) is 5.91 Å². The standard InChI is InChI=1S/C22H24N2O4/c1-4-13-27-19-10-8-7-9-18(19)16-23-24-22(25)17-11-12-20(28-14-5-2)21(15-17)26-6-3/h1,7-12,15-16H,5-6,13-14H2,2-3H3,(H,24,25)/b23-16+. The SMILES string of the molecule is C#CCOc1ccccc1/C=N/NC(=O)c1ccc(OCCC)c(OCC)c1. The minimum atomic E-state index is -0.360. The van der Waals surface area contributed by atoms with E-state index in [0.29, 0.717) is 41.6 Å². The molecule has 28 heavy (non-hydrogen) atoms. The van der Waals surface area contributed by atoms with Crippen LogP contribution in [0.1, 0.15) is 36.2 Å². The van der Waals surface area contributed by atoms with E-state index in [9.17, 15) is 4.79 Å². The Hall–Kier alpha value is -3.46. The summed E-state index contributed by atoms with van der Waals surface area (Å²) in [5.74, 6) is 3.79. The summed E-state index contributed by atoms with van der Waals surface area (Å²) >= 11 is 0. The summed E-state index contributed by atoms with van der Waals surface area (Å²) in [4.78, 5) is 12.4. The molecule has 0 radical (unpaired) electrons. The van der Waals surface area contributed by atoms with Crippen molar-refractivity contribution in [2.24, 2.45) is 5.10 Å². The fraction of sp³-hybridized carbons (Fsp3) is 0.273. The van der Waals surface area contributed by atoms with Gasteiger partial charge in [-0.25, -0.2) is 5.43 Å². The van der Waals surface area contributed by atoms with Gasteiger partial charge in [-0.1, -0.05) is 25.0 Å². The first-order valence-corrected chi connectivity index (χ1v) is 9.07. The molecule has 6 nitrogen and oxygen atoms in total. The molecule has 2 aromatic rings. The molecule has 146 valence electrons. The van der Waals surface area contributed by atoms with Gasteiger partial charge in [-0.15, -0.1) is 6.42 Å². The van der Waals surface area contributed by atoms with Gasteiger partial charge in [-0.3, -0.25) is 4.79 Å². The summed E-state index contributed by atoms with van der Waals surface area (Å²) in [7, 11) is 0. The van der Waals surface area contributed by atoms with Gasteiger partial charge in [0.15, 0.2) is 11.5 Å². The average molecular weight is 380 g/mol. The number of ether oxygens (including phenoxy) is 3. The van der Waals surface area contributed by atoms with Crippen LogP contribution in [0.5, 0.6) is 17.2 Å². The Kier molecular flexibility index (Phi) is 8.41. The molecule has 0 aromatic heterocycles. The molecule has 0 heterocycles. The fourth-order valence-electron chi connectivity index (χ4n) is 2.31. The molecule has 2 aromatic carbocycles. The van der Waals surface area contributed by atoms with Crippen LogP contribution >= 0.6 is 0 Å².